The normalized spacial score (nSPS) is 11.3. The fraction of sp³-hybridized carbons (Fsp3) is 0.462. The van der Waals surface area contributed by atoms with Gasteiger partial charge in [-0.3, -0.25) is 4.68 Å². The third-order valence-electron chi connectivity index (χ3n) is 3.18. The zero-order valence-corrected chi connectivity index (χ0v) is 13.4. The number of halogens is 1. The highest BCUT2D eigenvalue weighted by molar-refractivity contribution is 9.10. The molecule has 0 aliphatic heterocycles. The van der Waals surface area contributed by atoms with Crippen LogP contribution in [-0.4, -0.2) is 19.7 Å². The number of aryl methyl sites for hydroxylation is 2. The van der Waals surface area contributed by atoms with E-state index in [4.69, 9.17) is 5.73 Å². The molecule has 2 aromatic rings. The molecule has 0 aromatic carbocycles. The summed E-state index contributed by atoms with van der Waals surface area (Å²) in [5.41, 5.74) is 9.81. The Bertz CT molecular complexity index is 630. The molecule has 0 amide bonds. The Kier molecular flexibility index (Phi) is 3.62. The van der Waals surface area contributed by atoms with Crippen molar-refractivity contribution in [2.75, 3.05) is 5.73 Å². The summed E-state index contributed by atoms with van der Waals surface area (Å²) in [4.78, 5) is 9.03. The van der Waals surface area contributed by atoms with Crippen LogP contribution in [0.15, 0.2) is 4.47 Å². The number of anilines is 1. The van der Waals surface area contributed by atoms with Gasteiger partial charge in [-0.1, -0.05) is 13.8 Å². The second kappa shape index (κ2) is 4.92. The van der Waals surface area contributed by atoms with E-state index in [0.29, 0.717) is 11.6 Å². The average molecular weight is 324 g/mol. The molecule has 0 bridgehead atoms. The number of hydrogen-bond donors (Lipinski definition) is 1. The van der Waals surface area contributed by atoms with Crippen molar-refractivity contribution in [2.24, 2.45) is 7.05 Å². The molecule has 0 spiro atoms. The number of hydrogen-bond acceptors (Lipinski definition) is 4. The van der Waals surface area contributed by atoms with Crippen molar-refractivity contribution in [3.8, 4) is 11.4 Å². The standard InChI is InChI=1S/C13H18BrN5/c1-6(2)11-10(14)12(15)17-13(16-11)9-7(3)18-19(5)8(9)4/h6H,1-5H3,(H2,15,16,17). The van der Waals surface area contributed by atoms with Crippen LogP contribution in [0.5, 0.6) is 0 Å². The van der Waals surface area contributed by atoms with Crippen molar-refractivity contribution >= 4 is 21.7 Å². The molecule has 102 valence electrons. The van der Waals surface area contributed by atoms with Crippen molar-refractivity contribution in [1.82, 2.24) is 19.7 Å². The molecule has 0 saturated heterocycles. The Morgan fingerprint density at radius 3 is 2.32 bits per heavy atom. The van der Waals surface area contributed by atoms with Crippen LogP contribution in [0, 0.1) is 13.8 Å². The summed E-state index contributed by atoms with van der Waals surface area (Å²) in [7, 11) is 1.91. The maximum absolute atomic E-state index is 5.98. The van der Waals surface area contributed by atoms with E-state index < -0.39 is 0 Å². The maximum atomic E-state index is 5.98. The fourth-order valence-corrected chi connectivity index (χ4v) is 2.71. The van der Waals surface area contributed by atoms with Gasteiger partial charge in [0.1, 0.15) is 5.82 Å². The Morgan fingerprint density at radius 2 is 1.84 bits per heavy atom. The minimum Gasteiger partial charge on any atom is -0.383 e. The second-order valence-corrected chi connectivity index (χ2v) is 5.75. The average Bonchev–Trinajstić information content (AvgIpc) is 2.56. The number of nitrogens with zero attached hydrogens (tertiary/aromatic N) is 4. The lowest BCUT2D eigenvalue weighted by Gasteiger charge is -2.11. The van der Waals surface area contributed by atoms with Gasteiger partial charge in [-0.05, 0) is 35.7 Å². The predicted octanol–water partition coefficient (Wildman–Crippen LogP) is 2.96. The van der Waals surface area contributed by atoms with Gasteiger partial charge < -0.3 is 5.73 Å². The monoisotopic (exact) mass is 323 g/mol. The summed E-state index contributed by atoms with van der Waals surface area (Å²) < 4.78 is 2.62. The van der Waals surface area contributed by atoms with Gasteiger partial charge in [0.15, 0.2) is 5.82 Å². The van der Waals surface area contributed by atoms with Gasteiger partial charge >= 0.3 is 0 Å². The molecule has 6 heteroatoms. The van der Waals surface area contributed by atoms with Crippen molar-refractivity contribution in [2.45, 2.75) is 33.6 Å². The molecular formula is C13H18BrN5. The number of nitrogens with two attached hydrogens (primary N) is 1. The van der Waals surface area contributed by atoms with Crippen LogP contribution in [0.4, 0.5) is 5.82 Å². The molecule has 2 aromatic heterocycles. The lowest BCUT2D eigenvalue weighted by Crippen LogP contribution is -2.05. The summed E-state index contributed by atoms with van der Waals surface area (Å²) in [6, 6.07) is 0. The van der Waals surface area contributed by atoms with Gasteiger partial charge in [0.2, 0.25) is 0 Å². The zero-order valence-electron chi connectivity index (χ0n) is 11.8. The lowest BCUT2D eigenvalue weighted by atomic mass is 10.1. The third kappa shape index (κ3) is 2.36. The van der Waals surface area contributed by atoms with E-state index >= 15 is 0 Å². The van der Waals surface area contributed by atoms with Crippen LogP contribution < -0.4 is 5.73 Å². The van der Waals surface area contributed by atoms with Crippen molar-refractivity contribution in [3.63, 3.8) is 0 Å². The van der Waals surface area contributed by atoms with Gasteiger partial charge in [0.05, 0.1) is 21.4 Å². The molecule has 0 fully saturated rings. The molecule has 5 nitrogen and oxygen atoms in total. The highest BCUT2D eigenvalue weighted by Crippen LogP contribution is 2.31. The minimum absolute atomic E-state index is 0.274. The highest BCUT2D eigenvalue weighted by Gasteiger charge is 2.19. The van der Waals surface area contributed by atoms with E-state index in [1.54, 1.807) is 0 Å². The van der Waals surface area contributed by atoms with E-state index in [-0.39, 0.29) is 5.92 Å². The first-order valence-electron chi connectivity index (χ1n) is 6.16. The van der Waals surface area contributed by atoms with E-state index in [1.165, 1.54) is 0 Å². The Labute approximate surface area is 121 Å². The molecule has 0 aliphatic carbocycles. The topological polar surface area (TPSA) is 69.6 Å². The quantitative estimate of drug-likeness (QED) is 0.922. The van der Waals surface area contributed by atoms with Crippen LogP contribution >= 0.6 is 15.9 Å². The second-order valence-electron chi connectivity index (χ2n) is 4.96. The van der Waals surface area contributed by atoms with Crippen LogP contribution in [-0.2, 0) is 7.05 Å². The molecule has 0 aliphatic rings. The molecule has 2 rings (SSSR count). The van der Waals surface area contributed by atoms with Crippen LogP contribution in [0.3, 0.4) is 0 Å². The van der Waals surface area contributed by atoms with Gasteiger partial charge in [0.25, 0.3) is 0 Å². The van der Waals surface area contributed by atoms with Crippen LogP contribution in [0.2, 0.25) is 0 Å². The van der Waals surface area contributed by atoms with E-state index in [1.807, 2.05) is 25.6 Å². The van der Waals surface area contributed by atoms with Gasteiger partial charge in [0, 0.05) is 12.7 Å². The van der Waals surface area contributed by atoms with E-state index in [0.717, 1.165) is 27.1 Å². The minimum atomic E-state index is 0.274. The molecule has 0 saturated carbocycles. The van der Waals surface area contributed by atoms with Gasteiger partial charge in [-0.2, -0.15) is 5.10 Å². The lowest BCUT2D eigenvalue weighted by molar-refractivity contribution is 0.731. The number of aromatic nitrogens is 4. The summed E-state index contributed by atoms with van der Waals surface area (Å²) in [5.74, 6) is 1.39. The zero-order chi connectivity index (χ0) is 14.3. The molecular weight excluding hydrogens is 306 g/mol. The Morgan fingerprint density at radius 1 is 1.21 bits per heavy atom. The smallest absolute Gasteiger partial charge is 0.165 e. The highest BCUT2D eigenvalue weighted by atomic mass is 79.9. The van der Waals surface area contributed by atoms with Crippen molar-refractivity contribution < 1.29 is 0 Å². The molecule has 2 heterocycles. The molecule has 2 N–H and O–H groups in total. The Balaban J connectivity index is 2.70. The largest absolute Gasteiger partial charge is 0.383 e. The summed E-state index contributed by atoms with van der Waals surface area (Å²) in [5, 5.41) is 4.40. The van der Waals surface area contributed by atoms with Crippen molar-refractivity contribution in [1.29, 1.82) is 0 Å². The maximum Gasteiger partial charge on any atom is 0.165 e. The number of rotatable bonds is 2. The Hall–Kier alpha value is -1.43. The van der Waals surface area contributed by atoms with Gasteiger partial charge in [-0.15, -0.1) is 0 Å². The third-order valence-corrected chi connectivity index (χ3v) is 3.99. The predicted molar refractivity (Wildman–Crippen MR) is 79.9 cm³/mol. The summed E-state index contributed by atoms with van der Waals surface area (Å²) >= 11 is 3.46. The van der Waals surface area contributed by atoms with Crippen molar-refractivity contribution in [3.05, 3.63) is 21.6 Å². The first-order chi connectivity index (χ1) is 8.82. The number of nitrogen functional groups attached to an aromatic ring is 1. The SMILES string of the molecule is Cc1nn(C)c(C)c1-c1nc(N)c(Br)c(C(C)C)n1. The summed E-state index contributed by atoms with van der Waals surface area (Å²) in [6.07, 6.45) is 0. The van der Waals surface area contributed by atoms with E-state index in [2.05, 4.69) is 44.8 Å². The fourth-order valence-electron chi connectivity index (χ4n) is 2.07. The molecule has 0 unspecified atom stereocenters. The first-order valence-corrected chi connectivity index (χ1v) is 6.95. The van der Waals surface area contributed by atoms with E-state index in [9.17, 15) is 0 Å². The summed E-state index contributed by atoms with van der Waals surface area (Å²) in [6.45, 7) is 8.13. The molecule has 0 radical (unpaired) electrons. The van der Waals surface area contributed by atoms with Crippen LogP contribution in [0.1, 0.15) is 36.8 Å². The van der Waals surface area contributed by atoms with Crippen LogP contribution in [0.25, 0.3) is 11.4 Å². The first kappa shape index (κ1) is 14.0. The van der Waals surface area contributed by atoms with Gasteiger partial charge in [-0.25, -0.2) is 9.97 Å². The molecule has 19 heavy (non-hydrogen) atoms. The molecule has 0 atom stereocenters.